The summed E-state index contributed by atoms with van der Waals surface area (Å²) in [6.07, 6.45) is 1.98. The van der Waals surface area contributed by atoms with E-state index >= 15 is 0 Å². The normalized spacial score (nSPS) is 11.8. The maximum absolute atomic E-state index is 13.1. The van der Waals surface area contributed by atoms with Crippen LogP contribution < -0.4 is 11.1 Å². The minimum Gasteiger partial charge on any atom is -0.467 e. The molecule has 0 saturated heterocycles. The van der Waals surface area contributed by atoms with E-state index in [9.17, 15) is 9.59 Å². The molecule has 3 rings (SSSR count). The number of ether oxygens (including phenoxy) is 1. The summed E-state index contributed by atoms with van der Waals surface area (Å²) in [5.41, 5.74) is 8.35. The van der Waals surface area contributed by atoms with Crippen LogP contribution in [0.1, 0.15) is 29.6 Å². The number of benzene rings is 2. The molecule has 1 unspecified atom stereocenters. The van der Waals surface area contributed by atoms with Crippen LogP contribution in [0.3, 0.4) is 0 Å². The van der Waals surface area contributed by atoms with Crippen molar-refractivity contribution in [2.24, 2.45) is 5.73 Å². The van der Waals surface area contributed by atoms with Gasteiger partial charge in [-0.1, -0.05) is 48.5 Å². The van der Waals surface area contributed by atoms with Crippen LogP contribution in [0.15, 0.2) is 60.7 Å². The number of unbranched alkanes of at least 4 members (excludes halogenated alkanes) is 1. The van der Waals surface area contributed by atoms with Gasteiger partial charge in [-0.05, 0) is 37.9 Å². The van der Waals surface area contributed by atoms with Gasteiger partial charge < -0.3 is 15.8 Å². The molecule has 0 fully saturated rings. The number of hydrogen-bond donors (Lipinski definition) is 2. The zero-order valence-corrected chi connectivity index (χ0v) is 16.4. The molecule has 1 atom stereocenters. The monoisotopic (exact) mass is 391 g/mol. The molecule has 1 heterocycles. The minimum absolute atomic E-state index is 0.330. The molecule has 0 aliphatic rings. The number of nitrogens with two attached hydrogens (primary N) is 1. The lowest BCUT2D eigenvalue weighted by Crippen LogP contribution is -2.41. The molecule has 0 radical (unpaired) electrons. The highest BCUT2D eigenvalue weighted by Gasteiger charge is 2.23. The van der Waals surface area contributed by atoms with Crippen LogP contribution in [-0.4, -0.2) is 36.6 Å². The third kappa shape index (κ3) is 4.97. The van der Waals surface area contributed by atoms with E-state index in [0.29, 0.717) is 24.2 Å². The van der Waals surface area contributed by atoms with Gasteiger partial charge in [-0.25, -0.2) is 9.78 Å². The van der Waals surface area contributed by atoms with E-state index in [1.807, 2.05) is 54.6 Å². The lowest BCUT2D eigenvalue weighted by molar-refractivity contribution is -0.143. The van der Waals surface area contributed by atoms with Gasteiger partial charge in [0.05, 0.1) is 23.9 Å². The Bertz CT molecular complexity index is 989. The lowest BCUT2D eigenvalue weighted by Gasteiger charge is -2.17. The number of pyridine rings is 1. The molecule has 6 heteroatoms. The Kier molecular flexibility index (Phi) is 6.92. The highest BCUT2D eigenvalue weighted by molar-refractivity contribution is 6.08. The van der Waals surface area contributed by atoms with E-state index in [4.69, 9.17) is 15.5 Å². The summed E-state index contributed by atoms with van der Waals surface area (Å²) in [5, 5.41) is 3.56. The van der Waals surface area contributed by atoms with Gasteiger partial charge in [0.15, 0.2) is 0 Å². The number of nitrogens with one attached hydrogen (secondary N) is 1. The molecule has 1 amide bonds. The van der Waals surface area contributed by atoms with Gasteiger partial charge in [-0.3, -0.25) is 4.79 Å². The average Bonchev–Trinajstić information content (AvgIpc) is 2.77. The number of esters is 1. The Morgan fingerprint density at radius 3 is 2.52 bits per heavy atom. The summed E-state index contributed by atoms with van der Waals surface area (Å²) in [7, 11) is 1.32. The first-order valence-corrected chi connectivity index (χ1v) is 9.68. The highest BCUT2D eigenvalue weighted by atomic mass is 16.5. The Morgan fingerprint density at radius 1 is 1.07 bits per heavy atom. The number of rotatable bonds is 8. The van der Waals surface area contributed by atoms with Crippen molar-refractivity contribution >= 4 is 22.8 Å². The summed E-state index contributed by atoms with van der Waals surface area (Å²) in [6, 6.07) is 18.2. The summed E-state index contributed by atoms with van der Waals surface area (Å²) in [5.74, 6) is -0.791. The molecule has 3 N–H and O–H groups in total. The highest BCUT2D eigenvalue weighted by Crippen LogP contribution is 2.25. The zero-order chi connectivity index (χ0) is 20.6. The Morgan fingerprint density at radius 2 is 1.79 bits per heavy atom. The molecule has 0 aliphatic carbocycles. The van der Waals surface area contributed by atoms with Crippen LogP contribution in [0, 0.1) is 0 Å². The second kappa shape index (κ2) is 9.80. The van der Waals surface area contributed by atoms with Gasteiger partial charge in [0.25, 0.3) is 5.91 Å². The van der Waals surface area contributed by atoms with Crippen LogP contribution in [-0.2, 0) is 9.53 Å². The number of carbonyl (C=O) groups excluding carboxylic acids is 2. The van der Waals surface area contributed by atoms with Crippen molar-refractivity contribution in [2.75, 3.05) is 13.7 Å². The quantitative estimate of drug-likeness (QED) is 0.454. The molecule has 0 aliphatic heterocycles. The topological polar surface area (TPSA) is 94.3 Å². The van der Waals surface area contributed by atoms with Crippen molar-refractivity contribution in [3.05, 3.63) is 66.2 Å². The summed E-state index contributed by atoms with van der Waals surface area (Å²) >= 11 is 0. The van der Waals surface area contributed by atoms with Crippen molar-refractivity contribution in [1.82, 2.24) is 10.3 Å². The molecule has 150 valence electrons. The largest absolute Gasteiger partial charge is 0.467 e. The third-order valence-corrected chi connectivity index (χ3v) is 4.77. The van der Waals surface area contributed by atoms with E-state index in [1.165, 1.54) is 7.11 Å². The second-order valence-corrected chi connectivity index (χ2v) is 6.77. The van der Waals surface area contributed by atoms with Crippen molar-refractivity contribution < 1.29 is 14.3 Å². The first-order chi connectivity index (χ1) is 14.1. The number of nitrogens with zero attached hydrogens (tertiary/aromatic N) is 1. The van der Waals surface area contributed by atoms with Crippen molar-refractivity contribution in [3.63, 3.8) is 0 Å². The fourth-order valence-corrected chi connectivity index (χ4v) is 3.24. The fourth-order valence-electron chi connectivity index (χ4n) is 3.24. The van der Waals surface area contributed by atoms with Gasteiger partial charge >= 0.3 is 5.97 Å². The third-order valence-electron chi connectivity index (χ3n) is 4.77. The van der Waals surface area contributed by atoms with Crippen molar-refractivity contribution in [3.8, 4) is 11.3 Å². The van der Waals surface area contributed by atoms with Crippen LogP contribution >= 0.6 is 0 Å². The van der Waals surface area contributed by atoms with Gasteiger partial charge in [0.1, 0.15) is 6.04 Å². The number of carbonyl (C=O) groups is 2. The maximum Gasteiger partial charge on any atom is 0.328 e. The molecule has 0 bridgehead atoms. The Hall–Kier alpha value is -3.25. The van der Waals surface area contributed by atoms with E-state index in [-0.39, 0.29) is 5.91 Å². The summed E-state index contributed by atoms with van der Waals surface area (Å²) in [6.45, 7) is 0.539. The number of methoxy groups -OCH3 is 1. The SMILES string of the molecule is COC(=O)C(CCCCN)NC(=O)c1cc(-c2ccccc2)nc2ccccc12. The number of aromatic nitrogens is 1. The Labute approximate surface area is 170 Å². The number of hydrogen-bond acceptors (Lipinski definition) is 5. The van der Waals surface area contributed by atoms with Crippen molar-refractivity contribution in [2.45, 2.75) is 25.3 Å². The first kappa shape index (κ1) is 20.5. The fraction of sp³-hybridized carbons (Fsp3) is 0.261. The number of para-hydroxylation sites is 1. The average molecular weight is 391 g/mol. The van der Waals surface area contributed by atoms with Gasteiger partial charge in [-0.2, -0.15) is 0 Å². The molecule has 2 aromatic carbocycles. The predicted molar refractivity (Wildman–Crippen MR) is 113 cm³/mol. The molecule has 0 spiro atoms. The summed E-state index contributed by atoms with van der Waals surface area (Å²) in [4.78, 5) is 30.0. The molecular weight excluding hydrogens is 366 g/mol. The standard InChI is InChI=1S/C23H25N3O3/c1-29-23(28)20(13-7-8-14-24)26-22(27)18-15-21(16-9-3-2-4-10-16)25-19-12-6-5-11-17(18)19/h2-6,9-12,15,20H,7-8,13-14,24H2,1H3,(H,26,27). The van der Waals surface area contributed by atoms with Crippen molar-refractivity contribution in [1.29, 1.82) is 0 Å². The van der Waals surface area contributed by atoms with Crippen LogP contribution in [0.2, 0.25) is 0 Å². The zero-order valence-electron chi connectivity index (χ0n) is 16.4. The van der Waals surface area contributed by atoms with Crippen LogP contribution in [0.4, 0.5) is 0 Å². The molecule has 1 aromatic heterocycles. The summed E-state index contributed by atoms with van der Waals surface area (Å²) < 4.78 is 4.86. The van der Waals surface area contributed by atoms with E-state index < -0.39 is 12.0 Å². The minimum atomic E-state index is -0.717. The second-order valence-electron chi connectivity index (χ2n) is 6.77. The molecular formula is C23H25N3O3. The molecule has 29 heavy (non-hydrogen) atoms. The van der Waals surface area contributed by atoms with Gasteiger partial charge in [-0.15, -0.1) is 0 Å². The van der Waals surface area contributed by atoms with Gasteiger partial charge in [0, 0.05) is 10.9 Å². The number of amides is 1. The van der Waals surface area contributed by atoms with E-state index in [1.54, 1.807) is 6.07 Å². The van der Waals surface area contributed by atoms with E-state index in [0.717, 1.165) is 29.3 Å². The number of fused-ring (bicyclic) bond motifs is 1. The smallest absolute Gasteiger partial charge is 0.328 e. The van der Waals surface area contributed by atoms with Crippen LogP contribution in [0.5, 0.6) is 0 Å². The maximum atomic E-state index is 13.1. The predicted octanol–water partition coefficient (Wildman–Crippen LogP) is 3.30. The van der Waals surface area contributed by atoms with E-state index in [2.05, 4.69) is 5.32 Å². The molecule has 0 saturated carbocycles. The van der Waals surface area contributed by atoms with Crippen LogP contribution in [0.25, 0.3) is 22.2 Å². The molecule has 6 nitrogen and oxygen atoms in total. The first-order valence-electron chi connectivity index (χ1n) is 9.68. The van der Waals surface area contributed by atoms with Gasteiger partial charge in [0.2, 0.25) is 0 Å². The lowest BCUT2D eigenvalue weighted by atomic mass is 10.0. The molecule has 3 aromatic rings. The Balaban J connectivity index is 1.96.